The van der Waals surface area contributed by atoms with Gasteiger partial charge in [-0.15, -0.1) is 0 Å². The summed E-state index contributed by atoms with van der Waals surface area (Å²) in [4.78, 5) is 14.4. The van der Waals surface area contributed by atoms with Crippen molar-refractivity contribution < 1.29 is 9.53 Å². The summed E-state index contributed by atoms with van der Waals surface area (Å²) in [5.41, 5.74) is 5.60. The van der Waals surface area contributed by atoms with Crippen molar-refractivity contribution in [1.82, 2.24) is 14.7 Å². The Kier molecular flexibility index (Phi) is 4.61. The third-order valence-electron chi connectivity index (χ3n) is 4.37. The van der Waals surface area contributed by atoms with Crippen LogP contribution in [0.1, 0.15) is 31.7 Å². The van der Waals surface area contributed by atoms with Crippen LogP contribution in [0.3, 0.4) is 0 Å². The highest BCUT2D eigenvalue weighted by molar-refractivity contribution is 9.10. The molecule has 21 heavy (non-hydrogen) atoms. The molecule has 0 bridgehead atoms. The van der Waals surface area contributed by atoms with Gasteiger partial charge in [-0.3, -0.25) is 9.48 Å². The molecule has 3 rings (SSSR count). The Morgan fingerprint density at radius 2 is 2.14 bits per heavy atom. The molecule has 0 aromatic carbocycles. The lowest BCUT2D eigenvalue weighted by Gasteiger charge is -2.33. The van der Waals surface area contributed by atoms with Gasteiger partial charge < -0.3 is 15.4 Å². The van der Waals surface area contributed by atoms with Crippen molar-refractivity contribution in [2.75, 3.05) is 19.6 Å². The van der Waals surface area contributed by atoms with E-state index in [2.05, 4.69) is 21.0 Å². The summed E-state index contributed by atoms with van der Waals surface area (Å²) in [6.07, 6.45) is 7.13. The lowest BCUT2D eigenvalue weighted by atomic mass is 10.0. The molecule has 0 radical (unpaired) electrons. The van der Waals surface area contributed by atoms with Crippen molar-refractivity contribution in [2.45, 2.75) is 43.9 Å². The Balaban J connectivity index is 1.52. The first-order valence-electron chi connectivity index (χ1n) is 7.51. The molecule has 0 spiro atoms. The van der Waals surface area contributed by atoms with Crippen LogP contribution in [-0.2, 0) is 9.53 Å². The minimum Gasteiger partial charge on any atom is -0.364 e. The van der Waals surface area contributed by atoms with Crippen LogP contribution in [0, 0.1) is 0 Å². The molecule has 7 heteroatoms. The van der Waals surface area contributed by atoms with Crippen molar-refractivity contribution in [3.63, 3.8) is 0 Å². The van der Waals surface area contributed by atoms with Crippen molar-refractivity contribution >= 4 is 21.8 Å². The molecule has 1 amide bonds. The van der Waals surface area contributed by atoms with Gasteiger partial charge in [0.15, 0.2) is 0 Å². The van der Waals surface area contributed by atoms with E-state index in [1.54, 1.807) is 6.20 Å². The van der Waals surface area contributed by atoms with Gasteiger partial charge in [-0.25, -0.2) is 0 Å². The van der Waals surface area contributed by atoms with Gasteiger partial charge in [-0.05, 0) is 41.6 Å². The third kappa shape index (κ3) is 3.30. The smallest absolute Gasteiger partial charge is 0.251 e. The fraction of sp³-hybridized carbons (Fsp3) is 0.714. The van der Waals surface area contributed by atoms with Crippen LogP contribution in [0.25, 0.3) is 0 Å². The van der Waals surface area contributed by atoms with Crippen LogP contribution in [-0.4, -0.2) is 52.4 Å². The molecule has 0 aliphatic carbocycles. The van der Waals surface area contributed by atoms with Crippen LogP contribution >= 0.6 is 15.9 Å². The summed E-state index contributed by atoms with van der Waals surface area (Å²) in [6.45, 7) is 2.04. The number of ether oxygens (including phenoxy) is 1. The monoisotopic (exact) mass is 356 g/mol. The first-order valence-corrected chi connectivity index (χ1v) is 8.30. The van der Waals surface area contributed by atoms with Crippen molar-refractivity contribution in [1.29, 1.82) is 0 Å². The summed E-state index contributed by atoms with van der Waals surface area (Å²) in [5, 5.41) is 4.34. The van der Waals surface area contributed by atoms with E-state index in [1.807, 2.05) is 15.8 Å². The predicted molar refractivity (Wildman–Crippen MR) is 81.7 cm³/mol. The van der Waals surface area contributed by atoms with Crippen LogP contribution in [0.2, 0.25) is 0 Å². The molecular formula is C14H21BrN4O2. The van der Waals surface area contributed by atoms with Gasteiger partial charge in [0, 0.05) is 25.8 Å². The van der Waals surface area contributed by atoms with Crippen LogP contribution in [0.5, 0.6) is 0 Å². The summed E-state index contributed by atoms with van der Waals surface area (Å²) < 4.78 is 8.68. The second-order valence-electron chi connectivity index (χ2n) is 5.75. The van der Waals surface area contributed by atoms with E-state index in [9.17, 15) is 4.79 Å². The number of halogens is 1. The average Bonchev–Trinajstić information content (AvgIpc) is 3.15. The molecule has 3 heterocycles. The largest absolute Gasteiger partial charge is 0.364 e. The fourth-order valence-corrected chi connectivity index (χ4v) is 3.43. The Morgan fingerprint density at radius 3 is 2.71 bits per heavy atom. The number of carbonyl (C=O) groups excluding carboxylic acids is 1. The number of aromatic nitrogens is 2. The van der Waals surface area contributed by atoms with Gasteiger partial charge in [0.1, 0.15) is 6.10 Å². The maximum Gasteiger partial charge on any atom is 0.251 e. The molecule has 2 fully saturated rings. The van der Waals surface area contributed by atoms with Crippen LogP contribution in [0.15, 0.2) is 16.9 Å². The van der Waals surface area contributed by atoms with E-state index >= 15 is 0 Å². The molecule has 2 saturated heterocycles. The van der Waals surface area contributed by atoms with Gasteiger partial charge in [-0.1, -0.05) is 0 Å². The molecule has 0 unspecified atom stereocenters. The normalized spacial score (nSPS) is 27.2. The van der Waals surface area contributed by atoms with Gasteiger partial charge in [0.05, 0.1) is 22.8 Å². The van der Waals surface area contributed by atoms with Gasteiger partial charge in [0.2, 0.25) is 0 Å². The minimum absolute atomic E-state index is 0.0536. The number of nitrogens with zero attached hydrogens (tertiary/aromatic N) is 3. The van der Waals surface area contributed by atoms with E-state index in [-0.39, 0.29) is 18.1 Å². The average molecular weight is 357 g/mol. The standard InChI is InChI=1S/C14H21BrN4O2/c15-10-8-17-19(9-10)11-3-5-18(6-4-11)14(20)13-2-1-12(7-16)21-13/h8-9,11-13H,1-7,16H2/t12-,13+/m1/s1. The molecule has 6 nitrogen and oxygen atoms in total. The maximum absolute atomic E-state index is 12.4. The Hall–Kier alpha value is -0.920. The van der Waals surface area contributed by atoms with Gasteiger partial charge in [-0.2, -0.15) is 5.10 Å². The number of rotatable bonds is 3. The van der Waals surface area contributed by atoms with E-state index in [0.29, 0.717) is 12.6 Å². The van der Waals surface area contributed by atoms with E-state index in [4.69, 9.17) is 10.5 Å². The molecular weight excluding hydrogens is 336 g/mol. The zero-order valence-electron chi connectivity index (χ0n) is 11.9. The maximum atomic E-state index is 12.4. The minimum atomic E-state index is -0.283. The lowest BCUT2D eigenvalue weighted by Crippen LogP contribution is -2.44. The zero-order valence-corrected chi connectivity index (χ0v) is 13.5. The lowest BCUT2D eigenvalue weighted by molar-refractivity contribution is -0.144. The van der Waals surface area contributed by atoms with Crippen molar-refractivity contribution in [2.24, 2.45) is 5.73 Å². The van der Waals surface area contributed by atoms with Crippen LogP contribution < -0.4 is 5.73 Å². The quantitative estimate of drug-likeness (QED) is 0.886. The second kappa shape index (κ2) is 6.46. The number of likely N-dealkylation sites (tertiary alicyclic amines) is 1. The van der Waals surface area contributed by atoms with Crippen molar-refractivity contribution in [3.8, 4) is 0 Å². The number of nitrogens with two attached hydrogens (primary N) is 1. The first-order chi connectivity index (χ1) is 10.2. The highest BCUT2D eigenvalue weighted by atomic mass is 79.9. The second-order valence-corrected chi connectivity index (χ2v) is 6.67. The Labute approximate surface area is 132 Å². The molecule has 2 aliphatic rings. The molecule has 1 aromatic heterocycles. The molecule has 2 N–H and O–H groups in total. The summed E-state index contributed by atoms with van der Waals surface area (Å²) in [5.74, 6) is 0.131. The summed E-state index contributed by atoms with van der Waals surface area (Å²) in [7, 11) is 0. The Bertz CT molecular complexity index is 499. The molecule has 2 aliphatic heterocycles. The third-order valence-corrected chi connectivity index (χ3v) is 4.78. The summed E-state index contributed by atoms with van der Waals surface area (Å²) in [6, 6.07) is 0.377. The molecule has 1 aromatic rings. The number of carbonyl (C=O) groups is 1. The topological polar surface area (TPSA) is 73.4 Å². The van der Waals surface area contributed by atoms with Gasteiger partial charge in [0.25, 0.3) is 5.91 Å². The van der Waals surface area contributed by atoms with E-state index < -0.39 is 0 Å². The number of piperidine rings is 1. The van der Waals surface area contributed by atoms with E-state index in [1.165, 1.54) is 0 Å². The van der Waals surface area contributed by atoms with Gasteiger partial charge >= 0.3 is 0 Å². The molecule has 0 saturated carbocycles. The van der Waals surface area contributed by atoms with Crippen LogP contribution in [0.4, 0.5) is 0 Å². The SMILES string of the molecule is NC[C@H]1CC[C@@H](C(=O)N2CCC(n3cc(Br)cn3)CC2)O1. The van der Waals surface area contributed by atoms with Crippen molar-refractivity contribution in [3.05, 3.63) is 16.9 Å². The molecule has 2 atom stereocenters. The molecule has 116 valence electrons. The highest BCUT2D eigenvalue weighted by Crippen LogP contribution is 2.26. The number of amides is 1. The summed E-state index contributed by atoms with van der Waals surface area (Å²) >= 11 is 3.42. The fourth-order valence-electron chi connectivity index (χ4n) is 3.13. The highest BCUT2D eigenvalue weighted by Gasteiger charge is 2.34. The predicted octanol–water partition coefficient (Wildman–Crippen LogP) is 1.32. The Morgan fingerprint density at radius 1 is 1.38 bits per heavy atom. The van der Waals surface area contributed by atoms with E-state index in [0.717, 1.165) is 43.2 Å². The first kappa shape index (κ1) is 15.0. The number of hydrogen-bond donors (Lipinski definition) is 1. The zero-order chi connectivity index (χ0) is 14.8. The number of hydrogen-bond acceptors (Lipinski definition) is 4.